The Hall–Kier alpha value is -0.120. The van der Waals surface area contributed by atoms with Gasteiger partial charge in [0.25, 0.3) is 0 Å². The average molecular weight is 399 g/mol. The van der Waals surface area contributed by atoms with Crippen molar-refractivity contribution in [2.75, 3.05) is 26.4 Å². The molecule has 28 heavy (non-hydrogen) atoms. The molecule has 1 fully saturated rings. The number of hydrogen-bond acceptors (Lipinski definition) is 3. The third-order valence-corrected chi connectivity index (χ3v) is 5.98. The second-order valence-electron chi connectivity index (χ2n) is 8.67. The lowest BCUT2D eigenvalue weighted by molar-refractivity contribution is -0.269. The number of hydrogen-bond donors (Lipinski definition) is 0. The third kappa shape index (κ3) is 14.0. The standard InChI is InChI=1S/C25H50O3/c1-3-5-7-9-11-13-15-17-21-27-25(19-23-26-24-20-25)28-22-18-16-14-12-10-8-6-4-2/h3-24H2,1-2H3. The molecular weight excluding hydrogens is 348 g/mol. The smallest absolute Gasteiger partial charge is 0.172 e. The van der Waals surface area contributed by atoms with Gasteiger partial charge in [0.05, 0.1) is 26.4 Å². The van der Waals surface area contributed by atoms with Gasteiger partial charge in [-0.15, -0.1) is 0 Å². The van der Waals surface area contributed by atoms with Crippen LogP contribution in [0.25, 0.3) is 0 Å². The van der Waals surface area contributed by atoms with Crippen LogP contribution >= 0.6 is 0 Å². The van der Waals surface area contributed by atoms with Gasteiger partial charge in [0.15, 0.2) is 5.79 Å². The van der Waals surface area contributed by atoms with Crippen LogP contribution in [0.5, 0.6) is 0 Å². The summed E-state index contributed by atoms with van der Waals surface area (Å²) in [6.45, 7) is 7.78. The Kier molecular flexibility index (Phi) is 17.5. The fourth-order valence-electron chi connectivity index (χ4n) is 4.00. The molecule has 3 nitrogen and oxygen atoms in total. The highest BCUT2D eigenvalue weighted by Gasteiger charge is 2.34. The quantitative estimate of drug-likeness (QED) is 0.155. The molecule has 0 unspecified atom stereocenters. The maximum atomic E-state index is 6.29. The van der Waals surface area contributed by atoms with E-state index in [0.29, 0.717) is 0 Å². The van der Waals surface area contributed by atoms with E-state index in [9.17, 15) is 0 Å². The molecule has 1 saturated heterocycles. The molecule has 1 rings (SSSR count). The molecule has 1 aliphatic heterocycles. The van der Waals surface area contributed by atoms with E-state index < -0.39 is 0 Å². The molecule has 1 heterocycles. The fourth-order valence-corrected chi connectivity index (χ4v) is 4.00. The van der Waals surface area contributed by atoms with Crippen LogP contribution in [-0.2, 0) is 14.2 Å². The molecule has 0 N–H and O–H groups in total. The third-order valence-electron chi connectivity index (χ3n) is 5.98. The molecular formula is C25H50O3. The zero-order valence-electron chi connectivity index (χ0n) is 19.3. The largest absolute Gasteiger partial charge is 0.381 e. The maximum Gasteiger partial charge on any atom is 0.172 e. The highest BCUT2D eigenvalue weighted by molar-refractivity contribution is 4.74. The molecule has 0 saturated carbocycles. The van der Waals surface area contributed by atoms with Gasteiger partial charge in [-0.25, -0.2) is 0 Å². The number of rotatable bonds is 20. The van der Waals surface area contributed by atoms with E-state index in [0.717, 1.165) is 52.1 Å². The molecule has 1 aliphatic rings. The molecule has 0 radical (unpaired) electrons. The van der Waals surface area contributed by atoms with E-state index in [-0.39, 0.29) is 5.79 Å². The summed E-state index contributed by atoms with van der Waals surface area (Å²) in [6, 6.07) is 0. The predicted molar refractivity (Wildman–Crippen MR) is 120 cm³/mol. The van der Waals surface area contributed by atoms with Crippen molar-refractivity contribution in [3.63, 3.8) is 0 Å². The van der Waals surface area contributed by atoms with Gasteiger partial charge in [-0.1, -0.05) is 104 Å². The van der Waals surface area contributed by atoms with Crippen molar-refractivity contribution in [1.82, 2.24) is 0 Å². The van der Waals surface area contributed by atoms with Crippen LogP contribution in [-0.4, -0.2) is 32.2 Å². The van der Waals surface area contributed by atoms with E-state index in [1.807, 2.05) is 0 Å². The molecule has 0 aromatic carbocycles. The van der Waals surface area contributed by atoms with E-state index in [1.165, 1.54) is 89.9 Å². The van der Waals surface area contributed by atoms with Crippen LogP contribution in [0.4, 0.5) is 0 Å². The van der Waals surface area contributed by atoms with Gasteiger partial charge in [-0.05, 0) is 12.8 Å². The van der Waals surface area contributed by atoms with Crippen molar-refractivity contribution in [2.45, 2.75) is 135 Å². The Morgan fingerprint density at radius 2 is 0.893 bits per heavy atom. The Balaban J connectivity index is 2.05. The topological polar surface area (TPSA) is 27.7 Å². The Labute approximate surface area is 176 Å². The molecule has 0 aromatic heterocycles. The molecule has 0 atom stereocenters. The normalized spacial score (nSPS) is 16.5. The summed E-state index contributed by atoms with van der Waals surface area (Å²) >= 11 is 0. The highest BCUT2D eigenvalue weighted by atomic mass is 16.7. The van der Waals surface area contributed by atoms with Gasteiger partial charge in [0.2, 0.25) is 0 Å². The van der Waals surface area contributed by atoms with Gasteiger partial charge in [-0.2, -0.15) is 0 Å². The van der Waals surface area contributed by atoms with Gasteiger partial charge >= 0.3 is 0 Å². The zero-order chi connectivity index (χ0) is 20.2. The lowest BCUT2D eigenvalue weighted by atomic mass is 10.1. The van der Waals surface area contributed by atoms with Crippen LogP contribution in [0.15, 0.2) is 0 Å². The average Bonchev–Trinajstić information content (AvgIpc) is 2.72. The second kappa shape index (κ2) is 18.9. The second-order valence-corrected chi connectivity index (χ2v) is 8.67. The summed E-state index contributed by atoms with van der Waals surface area (Å²) in [7, 11) is 0. The number of ether oxygens (including phenoxy) is 3. The van der Waals surface area contributed by atoms with Crippen molar-refractivity contribution in [2.24, 2.45) is 0 Å². The minimum Gasteiger partial charge on any atom is -0.381 e. The van der Waals surface area contributed by atoms with E-state index in [1.54, 1.807) is 0 Å². The summed E-state index contributed by atoms with van der Waals surface area (Å²) in [4.78, 5) is 0. The van der Waals surface area contributed by atoms with Crippen molar-refractivity contribution in [1.29, 1.82) is 0 Å². The molecule has 0 amide bonds. The van der Waals surface area contributed by atoms with E-state index in [2.05, 4.69) is 13.8 Å². The van der Waals surface area contributed by atoms with Gasteiger partial charge in [0, 0.05) is 12.8 Å². The van der Waals surface area contributed by atoms with Crippen molar-refractivity contribution in [3.05, 3.63) is 0 Å². The molecule has 0 spiro atoms. The molecule has 3 heteroatoms. The molecule has 0 aliphatic carbocycles. The first-order chi connectivity index (χ1) is 13.8. The summed E-state index contributed by atoms with van der Waals surface area (Å²) in [5, 5.41) is 0. The fraction of sp³-hybridized carbons (Fsp3) is 1.00. The van der Waals surface area contributed by atoms with Gasteiger partial charge in [0.1, 0.15) is 0 Å². The first-order valence-corrected chi connectivity index (χ1v) is 12.7. The van der Waals surface area contributed by atoms with Crippen molar-refractivity contribution in [3.8, 4) is 0 Å². The van der Waals surface area contributed by atoms with E-state index in [4.69, 9.17) is 14.2 Å². The first-order valence-electron chi connectivity index (χ1n) is 12.7. The lowest BCUT2D eigenvalue weighted by Crippen LogP contribution is -2.42. The summed E-state index contributed by atoms with van der Waals surface area (Å²) in [5.41, 5.74) is 0. The Bertz CT molecular complexity index is 289. The van der Waals surface area contributed by atoms with Crippen molar-refractivity contribution >= 4 is 0 Å². The zero-order valence-corrected chi connectivity index (χ0v) is 19.3. The molecule has 0 aromatic rings. The van der Waals surface area contributed by atoms with Crippen LogP contribution in [0.3, 0.4) is 0 Å². The van der Waals surface area contributed by atoms with Crippen LogP contribution in [0.2, 0.25) is 0 Å². The highest BCUT2D eigenvalue weighted by Crippen LogP contribution is 2.27. The minimum absolute atomic E-state index is 0.361. The number of unbranched alkanes of at least 4 members (excludes halogenated alkanes) is 14. The summed E-state index contributed by atoms with van der Waals surface area (Å²) < 4.78 is 18.1. The van der Waals surface area contributed by atoms with Crippen LogP contribution < -0.4 is 0 Å². The minimum atomic E-state index is -0.361. The van der Waals surface area contributed by atoms with Crippen molar-refractivity contribution < 1.29 is 14.2 Å². The summed E-state index contributed by atoms with van der Waals surface area (Å²) in [6.07, 6.45) is 23.2. The van der Waals surface area contributed by atoms with Gasteiger partial charge < -0.3 is 14.2 Å². The maximum absolute atomic E-state index is 6.29. The van der Waals surface area contributed by atoms with Gasteiger partial charge in [-0.3, -0.25) is 0 Å². The SMILES string of the molecule is CCCCCCCCCCOC1(OCCCCCCCCCC)CCOCC1. The Morgan fingerprint density at radius 3 is 1.29 bits per heavy atom. The van der Waals surface area contributed by atoms with Crippen LogP contribution in [0, 0.1) is 0 Å². The summed E-state index contributed by atoms with van der Waals surface area (Å²) in [5.74, 6) is -0.361. The predicted octanol–water partition coefficient (Wildman–Crippen LogP) is 7.81. The molecule has 0 bridgehead atoms. The molecule has 168 valence electrons. The van der Waals surface area contributed by atoms with Crippen LogP contribution in [0.1, 0.15) is 129 Å². The van der Waals surface area contributed by atoms with E-state index >= 15 is 0 Å². The Morgan fingerprint density at radius 1 is 0.536 bits per heavy atom. The monoisotopic (exact) mass is 398 g/mol. The lowest BCUT2D eigenvalue weighted by Gasteiger charge is -2.37. The first kappa shape index (κ1) is 25.9.